The Balaban J connectivity index is 1.56. The average molecular weight is 445 g/mol. The van der Waals surface area contributed by atoms with Crippen LogP contribution < -0.4 is 10.1 Å². The highest BCUT2D eigenvalue weighted by Crippen LogP contribution is 2.48. The van der Waals surface area contributed by atoms with Crippen molar-refractivity contribution < 1.29 is 18.7 Å². The van der Waals surface area contributed by atoms with Crippen molar-refractivity contribution in [3.63, 3.8) is 0 Å². The standard InChI is InChI=1S/C27H25FN2O3/c1-33-21-6-4-5-18(15-21)25-24(26(31)29-16-17-9-11-19(28)12-10-17)22-7-2-3-8-23(22)27(32)30(25)20-13-14-20/h2-12,15,20,24-25H,13-14,16H2,1H3,(H,29,31)/t24-,25+/m1/s1. The molecule has 3 aromatic carbocycles. The Kier molecular flexibility index (Phi) is 5.58. The molecule has 0 radical (unpaired) electrons. The van der Waals surface area contributed by atoms with Gasteiger partial charge in [0.25, 0.3) is 5.91 Å². The molecule has 1 aliphatic heterocycles. The van der Waals surface area contributed by atoms with Gasteiger partial charge in [-0.2, -0.15) is 0 Å². The number of ether oxygens (including phenoxy) is 1. The molecule has 0 unspecified atom stereocenters. The van der Waals surface area contributed by atoms with Crippen molar-refractivity contribution in [1.29, 1.82) is 0 Å². The van der Waals surface area contributed by atoms with Gasteiger partial charge < -0.3 is 15.0 Å². The summed E-state index contributed by atoms with van der Waals surface area (Å²) in [7, 11) is 1.60. The van der Waals surface area contributed by atoms with Crippen LogP contribution in [-0.4, -0.2) is 29.9 Å². The maximum Gasteiger partial charge on any atom is 0.254 e. The van der Waals surface area contributed by atoms with Crippen molar-refractivity contribution in [2.75, 3.05) is 7.11 Å². The van der Waals surface area contributed by atoms with Gasteiger partial charge in [0, 0.05) is 18.2 Å². The molecule has 0 aromatic heterocycles. The van der Waals surface area contributed by atoms with Crippen LogP contribution in [0.2, 0.25) is 0 Å². The number of nitrogens with one attached hydrogen (secondary N) is 1. The molecule has 0 spiro atoms. The molecule has 1 N–H and O–H groups in total. The molecular formula is C27H25FN2O3. The molecule has 0 saturated heterocycles. The number of nitrogens with zero attached hydrogens (tertiary/aromatic N) is 1. The summed E-state index contributed by atoms with van der Waals surface area (Å²) in [4.78, 5) is 29.1. The Morgan fingerprint density at radius 2 is 1.82 bits per heavy atom. The molecule has 33 heavy (non-hydrogen) atoms. The zero-order chi connectivity index (χ0) is 22.9. The van der Waals surface area contributed by atoms with Crippen molar-refractivity contribution >= 4 is 11.8 Å². The van der Waals surface area contributed by atoms with E-state index in [9.17, 15) is 14.0 Å². The van der Waals surface area contributed by atoms with E-state index in [1.54, 1.807) is 25.3 Å². The van der Waals surface area contributed by atoms with Crippen LogP contribution in [0.15, 0.2) is 72.8 Å². The number of carbonyl (C=O) groups excluding carboxylic acids is 2. The van der Waals surface area contributed by atoms with Crippen LogP contribution in [0.25, 0.3) is 0 Å². The van der Waals surface area contributed by atoms with Crippen LogP contribution in [0, 0.1) is 5.82 Å². The third-order valence-electron chi connectivity index (χ3n) is 6.41. The highest BCUT2D eigenvalue weighted by molar-refractivity contribution is 6.01. The number of rotatable bonds is 6. The first kappa shape index (κ1) is 21.2. The summed E-state index contributed by atoms with van der Waals surface area (Å²) in [5.41, 5.74) is 2.97. The summed E-state index contributed by atoms with van der Waals surface area (Å²) in [5.74, 6) is -0.420. The number of benzene rings is 3. The van der Waals surface area contributed by atoms with Gasteiger partial charge in [0.05, 0.1) is 19.1 Å². The van der Waals surface area contributed by atoms with Crippen molar-refractivity contribution in [2.24, 2.45) is 0 Å². The molecule has 5 rings (SSSR count). The second kappa shape index (κ2) is 8.70. The van der Waals surface area contributed by atoms with Gasteiger partial charge in [-0.25, -0.2) is 4.39 Å². The molecule has 168 valence electrons. The molecule has 0 bridgehead atoms. The van der Waals surface area contributed by atoms with Crippen molar-refractivity contribution in [1.82, 2.24) is 10.2 Å². The lowest BCUT2D eigenvalue weighted by atomic mass is 9.79. The largest absolute Gasteiger partial charge is 0.497 e. The average Bonchev–Trinajstić information content (AvgIpc) is 3.68. The maximum absolute atomic E-state index is 13.7. The van der Waals surface area contributed by atoms with E-state index in [1.165, 1.54) is 12.1 Å². The number of amides is 2. The van der Waals surface area contributed by atoms with E-state index in [4.69, 9.17) is 4.74 Å². The first-order valence-corrected chi connectivity index (χ1v) is 11.1. The summed E-state index contributed by atoms with van der Waals surface area (Å²) in [6.07, 6.45) is 1.86. The van der Waals surface area contributed by atoms with Gasteiger partial charge in [-0.05, 0) is 59.9 Å². The number of carbonyl (C=O) groups is 2. The van der Waals surface area contributed by atoms with Crippen LogP contribution >= 0.6 is 0 Å². The first-order valence-electron chi connectivity index (χ1n) is 11.1. The number of methoxy groups -OCH3 is 1. The topological polar surface area (TPSA) is 58.6 Å². The molecule has 1 fully saturated rings. The minimum atomic E-state index is -0.577. The van der Waals surface area contributed by atoms with E-state index in [1.807, 2.05) is 47.4 Å². The van der Waals surface area contributed by atoms with Crippen LogP contribution in [0.5, 0.6) is 5.75 Å². The van der Waals surface area contributed by atoms with E-state index >= 15 is 0 Å². The first-order chi connectivity index (χ1) is 16.1. The minimum Gasteiger partial charge on any atom is -0.497 e. The Hall–Kier alpha value is -3.67. The lowest BCUT2D eigenvalue weighted by Gasteiger charge is -2.42. The quantitative estimate of drug-likeness (QED) is 0.605. The van der Waals surface area contributed by atoms with Gasteiger partial charge in [0.15, 0.2) is 0 Å². The SMILES string of the molecule is COc1cccc([C@H]2[C@H](C(=O)NCc3ccc(F)cc3)c3ccccc3C(=O)N2C2CC2)c1. The van der Waals surface area contributed by atoms with Gasteiger partial charge in [-0.1, -0.05) is 42.5 Å². The second-order valence-electron chi connectivity index (χ2n) is 8.57. The fraction of sp³-hybridized carbons (Fsp3) is 0.259. The van der Waals surface area contributed by atoms with Crippen molar-refractivity contribution in [2.45, 2.75) is 37.4 Å². The van der Waals surface area contributed by atoms with Gasteiger partial charge in [0.1, 0.15) is 11.6 Å². The van der Waals surface area contributed by atoms with Crippen LogP contribution in [-0.2, 0) is 11.3 Å². The monoisotopic (exact) mass is 444 g/mol. The van der Waals surface area contributed by atoms with E-state index in [0.717, 1.165) is 29.5 Å². The Labute approximate surface area is 192 Å². The molecule has 5 nitrogen and oxygen atoms in total. The van der Waals surface area contributed by atoms with Gasteiger partial charge in [0.2, 0.25) is 5.91 Å². The summed E-state index contributed by atoms with van der Waals surface area (Å²) in [6.45, 7) is 0.278. The zero-order valence-corrected chi connectivity index (χ0v) is 18.3. The highest BCUT2D eigenvalue weighted by Gasteiger charge is 2.49. The molecule has 1 saturated carbocycles. The smallest absolute Gasteiger partial charge is 0.254 e. The van der Waals surface area contributed by atoms with E-state index < -0.39 is 12.0 Å². The molecule has 2 aliphatic rings. The predicted octanol–water partition coefficient (Wildman–Crippen LogP) is 4.59. The number of halogens is 1. The molecular weight excluding hydrogens is 419 g/mol. The molecule has 3 aromatic rings. The van der Waals surface area contributed by atoms with E-state index in [0.29, 0.717) is 11.3 Å². The molecule has 6 heteroatoms. The third kappa shape index (κ3) is 4.09. The van der Waals surface area contributed by atoms with Gasteiger partial charge >= 0.3 is 0 Å². The van der Waals surface area contributed by atoms with Gasteiger partial charge in [-0.3, -0.25) is 9.59 Å². The molecule has 2 atom stereocenters. The van der Waals surface area contributed by atoms with Crippen molar-refractivity contribution in [3.8, 4) is 5.75 Å². The van der Waals surface area contributed by atoms with E-state index in [2.05, 4.69) is 5.32 Å². The number of hydrogen-bond donors (Lipinski definition) is 1. The maximum atomic E-state index is 13.7. The summed E-state index contributed by atoms with van der Waals surface area (Å²) in [5, 5.41) is 3.02. The number of hydrogen-bond acceptors (Lipinski definition) is 3. The molecule has 1 aliphatic carbocycles. The van der Waals surface area contributed by atoms with Crippen LogP contribution in [0.3, 0.4) is 0 Å². The summed E-state index contributed by atoms with van der Waals surface area (Å²) < 4.78 is 18.7. The van der Waals surface area contributed by atoms with Gasteiger partial charge in [-0.15, -0.1) is 0 Å². The molecule has 2 amide bonds. The van der Waals surface area contributed by atoms with E-state index in [-0.39, 0.29) is 30.2 Å². The fourth-order valence-corrected chi connectivity index (χ4v) is 4.67. The zero-order valence-electron chi connectivity index (χ0n) is 18.3. The third-order valence-corrected chi connectivity index (χ3v) is 6.41. The fourth-order valence-electron chi connectivity index (χ4n) is 4.67. The Bertz CT molecular complexity index is 1190. The second-order valence-corrected chi connectivity index (χ2v) is 8.57. The summed E-state index contributed by atoms with van der Waals surface area (Å²) in [6, 6.07) is 20.7. The predicted molar refractivity (Wildman–Crippen MR) is 122 cm³/mol. The minimum absolute atomic E-state index is 0.0384. The van der Waals surface area contributed by atoms with Crippen LogP contribution in [0.4, 0.5) is 4.39 Å². The summed E-state index contributed by atoms with van der Waals surface area (Å²) >= 11 is 0. The lowest BCUT2D eigenvalue weighted by molar-refractivity contribution is -0.124. The number of fused-ring (bicyclic) bond motifs is 1. The van der Waals surface area contributed by atoms with Crippen LogP contribution in [0.1, 0.15) is 51.8 Å². The molecule has 1 heterocycles. The Morgan fingerprint density at radius 1 is 1.06 bits per heavy atom. The lowest BCUT2D eigenvalue weighted by Crippen LogP contribution is -2.48. The highest BCUT2D eigenvalue weighted by atomic mass is 19.1. The Morgan fingerprint density at radius 3 is 2.55 bits per heavy atom. The van der Waals surface area contributed by atoms with Crippen molar-refractivity contribution in [3.05, 3.63) is 101 Å². The normalized spacial score (nSPS) is 19.7.